The minimum Gasteiger partial charge on any atom is -0.278 e. The third-order valence-electron chi connectivity index (χ3n) is 9.99. The van der Waals surface area contributed by atoms with Gasteiger partial charge in [-0.15, -0.1) is 0 Å². The minimum absolute atomic E-state index is 0.0718. The number of para-hydroxylation sites is 1. The topological polar surface area (TPSA) is 30.7 Å². The van der Waals surface area contributed by atoms with Gasteiger partial charge in [0.05, 0.1) is 22.4 Å². The normalized spacial score (nSPS) is 16.4. The third-order valence-corrected chi connectivity index (χ3v) is 9.99. The summed E-state index contributed by atoms with van der Waals surface area (Å²) >= 11 is 0. The zero-order chi connectivity index (χ0) is 30.8. The summed E-state index contributed by atoms with van der Waals surface area (Å²) in [7, 11) is 0. The van der Waals surface area contributed by atoms with Crippen LogP contribution in [0.15, 0.2) is 146 Å². The molecule has 9 rings (SSSR count). The molecule has 2 aromatic heterocycles. The number of hydrogen-bond acceptors (Lipinski definition) is 2. The SMILES string of the molecule is CC1(C)c2ccccc2-c2c1ccc1c2c2ccccc2n1-c1nc(C2=CCC(c3ccccc3)C=C2)cc(-c2ccccc2)n1. The lowest BCUT2D eigenvalue weighted by Crippen LogP contribution is -2.14. The average molecular weight is 592 g/mol. The summed E-state index contributed by atoms with van der Waals surface area (Å²) in [5, 5.41) is 2.49. The average Bonchev–Trinajstić information content (AvgIpc) is 3.58. The van der Waals surface area contributed by atoms with Crippen LogP contribution >= 0.6 is 0 Å². The molecule has 3 nitrogen and oxygen atoms in total. The van der Waals surface area contributed by atoms with Crippen LogP contribution in [-0.2, 0) is 5.41 Å². The molecule has 5 aromatic carbocycles. The van der Waals surface area contributed by atoms with E-state index in [9.17, 15) is 0 Å². The first-order valence-corrected chi connectivity index (χ1v) is 16.1. The number of rotatable bonds is 4. The monoisotopic (exact) mass is 591 g/mol. The highest BCUT2D eigenvalue weighted by Crippen LogP contribution is 2.53. The van der Waals surface area contributed by atoms with Crippen molar-refractivity contribution in [3.63, 3.8) is 0 Å². The number of benzene rings is 5. The van der Waals surface area contributed by atoms with Gasteiger partial charge in [0.2, 0.25) is 5.95 Å². The minimum atomic E-state index is -0.0718. The van der Waals surface area contributed by atoms with Crippen LogP contribution in [0.1, 0.15) is 48.6 Å². The summed E-state index contributed by atoms with van der Waals surface area (Å²) < 4.78 is 2.27. The first-order valence-electron chi connectivity index (χ1n) is 16.1. The zero-order valence-electron chi connectivity index (χ0n) is 26.0. The van der Waals surface area contributed by atoms with Crippen LogP contribution < -0.4 is 0 Å². The van der Waals surface area contributed by atoms with Gasteiger partial charge < -0.3 is 0 Å². The Bertz CT molecular complexity index is 2360. The lowest BCUT2D eigenvalue weighted by Gasteiger charge is -2.21. The van der Waals surface area contributed by atoms with Gasteiger partial charge in [-0.25, -0.2) is 9.97 Å². The Morgan fingerprint density at radius 2 is 1.39 bits per heavy atom. The van der Waals surface area contributed by atoms with Gasteiger partial charge >= 0.3 is 0 Å². The molecule has 0 saturated heterocycles. The maximum atomic E-state index is 5.32. The Balaban J connectivity index is 1.27. The van der Waals surface area contributed by atoms with Crippen molar-refractivity contribution >= 4 is 27.4 Å². The lowest BCUT2D eigenvalue weighted by atomic mass is 9.82. The van der Waals surface area contributed by atoms with Crippen molar-refractivity contribution < 1.29 is 0 Å². The van der Waals surface area contributed by atoms with E-state index in [0.29, 0.717) is 11.9 Å². The molecule has 46 heavy (non-hydrogen) atoms. The van der Waals surface area contributed by atoms with Gasteiger partial charge in [0.25, 0.3) is 0 Å². The van der Waals surface area contributed by atoms with E-state index < -0.39 is 0 Å². The predicted octanol–water partition coefficient (Wildman–Crippen LogP) is 10.7. The van der Waals surface area contributed by atoms with Gasteiger partial charge in [0, 0.05) is 27.7 Å². The number of allylic oxidation sites excluding steroid dienone is 4. The van der Waals surface area contributed by atoms with Crippen molar-refractivity contribution in [3.05, 3.63) is 168 Å². The highest BCUT2D eigenvalue weighted by molar-refractivity contribution is 6.17. The second-order valence-corrected chi connectivity index (χ2v) is 13.0. The number of fused-ring (bicyclic) bond motifs is 7. The molecular weight excluding hydrogens is 558 g/mol. The Kier molecular flexibility index (Phi) is 5.98. The van der Waals surface area contributed by atoms with Crippen molar-refractivity contribution in [1.82, 2.24) is 14.5 Å². The van der Waals surface area contributed by atoms with Crippen molar-refractivity contribution in [2.45, 2.75) is 31.6 Å². The molecule has 7 aromatic rings. The van der Waals surface area contributed by atoms with E-state index in [1.165, 1.54) is 38.6 Å². The van der Waals surface area contributed by atoms with E-state index >= 15 is 0 Å². The van der Waals surface area contributed by atoms with Crippen molar-refractivity contribution in [1.29, 1.82) is 0 Å². The maximum Gasteiger partial charge on any atom is 0.235 e. The molecule has 2 aliphatic rings. The first-order chi connectivity index (χ1) is 22.6. The summed E-state index contributed by atoms with van der Waals surface area (Å²) in [6.45, 7) is 4.68. The van der Waals surface area contributed by atoms with E-state index in [0.717, 1.165) is 40.0 Å². The summed E-state index contributed by atoms with van der Waals surface area (Å²) in [6, 6.07) is 45.5. The molecule has 0 saturated carbocycles. The second kappa shape index (κ2) is 10.3. The number of nitrogens with zero attached hydrogens (tertiary/aromatic N) is 3. The highest BCUT2D eigenvalue weighted by atomic mass is 15.2. The maximum absolute atomic E-state index is 5.32. The molecule has 220 valence electrons. The Hall–Kier alpha value is -5.54. The largest absolute Gasteiger partial charge is 0.278 e. The van der Waals surface area contributed by atoms with E-state index in [1.807, 2.05) is 0 Å². The third kappa shape index (κ3) is 4.05. The lowest BCUT2D eigenvalue weighted by molar-refractivity contribution is 0.661. The molecule has 1 atom stereocenters. The summed E-state index contributed by atoms with van der Waals surface area (Å²) in [5.74, 6) is 1.05. The van der Waals surface area contributed by atoms with Gasteiger partial charge in [-0.2, -0.15) is 0 Å². The number of aromatic nitrogens is 3. The molecule has 0 spiro atoms. The molecule has 0 bridgehead atoms. The van der Waals surface area contributed by atoms with Gasteiger partial charge in [-0.3, -0.25) is 4.57 Å². The standard InChI is InChI=1S/C43H33N3/c1-43(2)34-19-11-9-17-32(34)40-35(43)25-26-39-41(40)33-18-10-12-20-38(33)46(39)42-44-36(30-15-7-4-8-16-30)27-37(45-42)31-23-21-29(22-24-31)28-13-5-3-6-14-28/h3-21,23-27,29H,22H2,1-2H3. The van der Waals surface area contributed by atoms with Gasteiger partial charge in [0.15, 0.2) is 0 Å². The van der Waals surface area contributed by atoms with Gasteiger partial charge in [-0.05, 0) is 58.0 Å². The Labute approximate surface area is 269 Å². The van der Waals surface area contributed by atoms with Crippen LogP contribution in [0.4, 0.5) is 0 Å². The fraction of sp³-hybridized carbons (Fsp3) is 0.116. The highest BCUT2D eigenvalue weighted by Gasteiger charge is 2.37. The second-order valence-electron chi connectivity index (χ2n) is 13.0. The van der Waals surface area contributed by atoms with Crippen LogP contribution in [0.3, 0.4) is 0 Å². The van der Waals surface area contributed by atoms with Crippen LogP contribution in [0, 0.1) is 0 Å². The van der Waals surface area contributed by atoms with Crippen LogP contribution in [0.5, 0.6) is 0 Å². The molecule has 3 heteroatoms. The Morgan fingerprint density at radius 1 is 0.674 bits per heavy atom. The summed E-state index contributed by atoms with van der Waals surface area (Å²) in [4.78, 5) is 10.6. The van der Waals surface area contributed by atoms with Crippen LogP contribution in [-0.4, -0.2) is 14.5 Å². The van der Waals surface area contributed by atoms with E-state index in [2.05, 4.69) is 164 Å². The molecule has 1 unspecified atom stereocenters. The van der Waals surface area contributed by atoms with E-state index in [1.54, 1.807) is 0 Å². The van der Waals surface area contributed by atoms with E-state index in [-0.39, 0.29) is 5.41 Å². The van der Waals surface area contributed by atoms with Gasteiger partial charge in [-0.1, -0.05) is 141 Å². The molecular formula is C43H33N3. The molecule has 0 radical (unpaired) electrons. The molecule has 0 aliphatic heterocycles. The van der Waals surface area contributed by atoms with Crippen molar-refractivity contribution in [3.8, 4) is 28.3 Å². The zero-order valence-corrected chi connectivity index (χ0v) is 26.0. The smallest absolute Gasteiger partial charge is 0.235 e. The fourth-order valence-electron chi connectivity index (χ4n) is 7.66. The number of hydrogen-bond donors (Lipinski definition) is 0. The van der Waals surface area contributed by atoms with E-state index in [4.69, 9.17) is 9.97 Å². The molecule has 2 aliphatic carbocycles. The molecule has 0 N–H and O–H groups in total. The van der Waals surface area contributed by atoms with Crippen molar-refractivity contribution in [2.24, 2.45) is 0 Å². The molecule has 0 amide bonds. The molecule has 0 fully saturated rings. The van der Waals surface area contributed by atoms with Crippen LogP contribution in [0.25, 0.3) is 55.7 Å². The Morgan fingerprint density at radius 3 is 2.20 bits per heavy atom. The summed E-state index contributed by atoms with van der Waals surface area (Å²) in [6.07, 6.45) is 7.82. The predicted molar refractivity (Wildman–Crippen MR) is 190 cm³/mol. The van der Waals surface area contributed by atoms with Crippen molar-refractivity contribution in [2.75, 3.05) is 0 Å². The molecule has 2 heterocycles. The summed E-state index contributed by atoms with van der Waals surface area (Å²) in [5.41, 5.74) is 13.0. The quantitative estimate of drug-likeness (QED) is 0.204. The fourth-order valence-corrected chi connectivity index (χ4v) is 7.66. The van der Waals surface area contributed by atoms with Gasteiger partial charge in [0.1, 0.15) is 0 Å². The van der Waals surface area contributed by atoms with Crippen LogP contribution in [0.2, 0.25) is 0 Å². The first kappa shape index (κ1) is 26.8.